The lowest BCUT2D eigenvalue weighted by Crippen LogP contribution is -2.31. The van der Waals surface area contributed by atoms with Gasteiger partial charge in [-0.1, -0.05) is 32.9 Å². The van der Waals surface area contributed by atoms with Crippen LogP contribution in [0.3, 0.4) is 0 Å². The molecule has 0 amide bonds. The fraction of sp³-hybridized carbons (Fsp3) is 0.625. The summed E-state index contributed by atoms with van der Waals surface area (Å²) < 4.78 is 0. The molecule has 0 spiro atoms. The average Bonchev–Trinajstić information content (AvgIpc) is 2.80. The zero-order valence-corrected chi connectivity index (χ0v) is 14.4. The second-order valence-corrected chi connectivity index (χ2v) is 6.78. The van der Waals surface area contributed by atoms with Gasteiger partial charge in [0.25, 0.3) is 5.69 Å². The smallest absolute Gasteiger partial charge is 0.273 e. The summed E-state index contributed by atoms with van der Waals surface area (Å²) in [7, 11) is 0. The zero-order valence-electron chi connectivity index (χ0n) is 13.5. The standard InChI is InChI=1S/C16H25N3O2.ClH/c1-12(2)14-5-4-13(8-15(14)19(20)21)9-18-7-6-16(3,10-17)11-18;/h4-5,8,12H,6-7,9-11,17H2,1-3H3;1H. The fourth-order valence-corrected chi connectivity index (χ4v) is 3.02. The van der Waals surface area contributed by atoms with Crippen LogP contribution in [-0.4, -0.2) is 29.5 Å². The molecular weight excluding hydrogens is 302 g/mol. The molecule has 6 heteroatoms. The molecule has 2 N–H and O–H groups in total. The molecule has 1 aliphatic rings. The summed E-state index contributed by atoms with van der Waals surface area (Å²) >= 11 is 0. The Kier molecular flexibility index (Phi) is 6.35. The summed E-state index contributed by atoms with van der Waals surface area (Å²) in [6.07, 6.45) is 1.09. The van der Waals surface area contributed by atoms with E-state index in [1.165, 1.54) is 0 Å². The van der Waals surface area contributed by atoms with E-state index in [4.69, 9.17) is 5.73 Å². The molecule has 0 saturated carbocycles. The Labute approximate surface area is 138 Å². The number of rotatable bonds is 5. The van der Waals surface area contributed by atoms with Gasteiger partial charge in [-0.25, -0.2) is 0 Å². The molecule has 0 aromatic heterocycles. The topological polar surface area (TPSA) is 72.4 Å². The minimum atomic E-state index is -0.271. The highest BCUT2D eigenvalue weighted by Gasteiger charge is 2.32. The quantitative estimate of drug-likeness (QED) is 0.665. The molecule has 0 bridgehead atoms. The zero-order chi connectivity index (χ0) is 15.6. The Bertz CT molecular complexity index is 536. The Balaban J connectivity index is 0.00000242. The van der Waals surface area contributed by atoms with Crippen LogP contribution in [0.25, 0.3) is 0 Å². The van der Waals surface area contributed by atoms with Crippen molar-refractivity contribution in [2.45, 2.75) is 39.7 Å². The monoisotopic (exact) mass is 327 g/mol. The van der Waals surface area contributed by atoms with Gasteiger partial charge in [0, 0.05) is 24.7 Å². The number of nitro benzene ring substituents is 1. The van der Waals surface area contributed by atoms with Crippen LogP contribution in [0.1, 0.15) is 44.2 Å². The predicted octanol–water partition coefficient (Wildman–Crippen LogP) is 3.31. The summed E-state index contributed by atoms with van der Waals surface area (Å²) in [5, 5.41) is 11.2. The van der Waals surface area contributed by atoms with Crippen LogP contribution in [0.5, 0.6) is 0 Å². The maximum Gasteiger partial charge on any atom is 0.273 e. The first kappa shape index (κ1) is 18.9. The molecule has 1 aromatic rings. The van der Waals surface area contributed by atoms with Gasteiger partial charge in [-0.15, -0.1) is 12.4 Å². The van der Waals surface area contributed by atoms with Crippen molar-refractivity contribution in [1.29, 1.82) is 0 Å². The number of likely N-dealkylation sites (tertiary alicyclic amines) is 1. The summed E-state index contributed by atoms with van der Waals surface area (Å²) in [6, 6.07) is 5.64. The number of hydrogen-bond acceptors (Lipinski definition) is 4. The fourth-order valence-electron chi connectivity index (χ4n) is 3.02. The molecule has 22 heavy (non-hydrogen) atoms. The van der Waals surface area contributed by atoms with E-state index < -0.39 is 0 Å². The largest absolute Gasteiger partial charge is 0.330 e. The van der Waals surface area contributed by atoms with E-state index in [1.807, 2.05) is 26.0 Å². The number of nitrogens with two attached hydrogens (primary N) is 1. The van der Waals surface area contributed by atoms with Gasteiger partial charge >= 0.3 is 0 Å². The van der Waals surface area contributed by atoms with E-state index >= 15 is 0 Å². The third-order valence-electron chi connectivity index (χ3n) is 4.45. The van der Waals surface area contributed by atoms with Crippen LogP contribution in [0, 0.1) is 15.5 Å². The number of hydrogen-bond donors (Lipinski definition) is 1. The van der Waals surface area contributed by atoms with Gasteiger partial charge in [0.15, 0.2) is 0 Å². The van der Waals surface area contributed by atoms with E-state index in [0.29, 0.717) is 6.54 Å². The lowest BCUT2D eigenvalue weighted by atomic mass is 9.90. The third-order valence-corrected chi connectivity index (χ3v) is 4.45. The first-order chi connectivity index (χ1) is 9.84. The lowest BCUT2D eigenvalue weighted by molar-refractivity contribution is -0.385. The molecule has 0 aliphatic carbocycles. The Morgan fingerprint density at radius 2 is 2.14 bits per heavy atom. The molecule has 1 atom stereocenters. The van der Waals surface area contributed by atoms with E-state index in [-0.39, 0.29) is 34.4 Å². The minimum absolute atomic E-state index is 0. The van der Waals surface area contributed by atoms with Crippen LogP contribution in [0.2, 0.25) is 0 Å². The summed E-state index contributed by atoms with van der Waals surface area (Å²) in [5.74, 6) is 0.159. The molecule has 2 rings (SSSR count). The summed E-state index contributed by atoms with van der Waals surface area (Å²) in [6.45, 7) is 9.59. The summed E-state index contributed by atoms with van der Waals surface area (Å²) in [4.78, 5) is 13.3. The first-order valence-corrected chi connectivity index (χ1v) is 7.54. The van der Waals surface area contributed by atoms with Crippen LogP contribution >= 0.6 is 12.4 Å². The molecule has 1 unspecified atom stereocenters. The highest BCUT2D eigenvalue weighted by molar-refractivity contribution is 5.85. The molecular formula is C16H26ClN3O2. The highest BCUT2D eigenvalue weighted by Crippen LogP contribution is 2.31. The molecule has 124 valence electrons. The van der Waals surface area contributed by atoms with Crippen molar-refractivity contribution in [3.05, 3.63) is 39.4 Å². The van der Waals surface area contributed by atoms with Gasteiger partial charge in [-0.2, -0.15) is 0 Å². The Morgan fingerprint density at radius 3 is 2.64 bits per heavy atom. The molecule has 5 nitrogen and oxygen atoms in total. The van der Waals surface area contributed by atoms with E-state index in [1.54, 1.807) is 6.07 Å². The van der Waals surface area contributed by atoms with Crippen LogP contribution in [0.15, 0.2) is 18.2 Å². The Hall–Kier alpha value is -1.17. The number of benzene rings is 1. The van der Waals surface area contributed by atoms with Gasteiger partial charge in [0.2, 0.25) is 0 Å². The lowest BCUT2D eigenvalue weighted by Gasteiger charge is -2.22. The SMILES string of the molecule is CC(C)c1ccc(CN2CCC(C)(CN)C2)cc1[N+](=O)[O-].Cl. The van der Waals surface area contributed by atoms with Crippen molar-refractivity contribution >= 4 is 18.1 Å². The maximum atomic E-state index is 11.2. The van der Waals surface area contributed by atoms with Gasteiger partial charge < -0.3 is 5.73 Å². The molecule has 1 saturated heterocycles. The summed E-state index contributed by atoms with van der Waals surface area (Å²) in [5.41, 5.74) is 8.06. The van der Waals surface area contributed by atoms with Gasteiger partial charge in [-0.3, -0.25) is 15.0 Å². The van der Waals surface area contributed by atoms with Crippen molar-refractivity contribution in [3.8, 4) is 0 Å². The van der Waals surface area contributed by atoms with Crippen LogP contribution < -0.4 is 5.73 Å². The molecule has 0 radical (unpaired) electrons. The molecule has 1 aromatic carbocycles. The predicted molar refractivity (Wildman–Crippen MR) is 91.5 cm³/mol. The second kappa shape index (κ2) is 7.40. The molecule has 1 heterocycles. The minimum Gasteiger partial charge on any atom is -0.330 e. The second-order valence-electron chi connectivity index (χ2n) is 6.78. The highest BCUT2D eigenvalue weighted by atomic mass is 35.5. The van der Waals surface area contributed by atoms with Crippen LogP contribution in [-0.2, 0) is 6.54 Å². The van der Waals surface area contributed by atoms with Crippen molar-refractivity contribution in [2.24, 2.45) is 11.1 Å². The number of nitro groups is 1. The maximum absolute atomic E-state index is 11.2. The molecule has 1 aliphatic heterocycles. The van der Waals surface area contributed by atoms with E-state index in [9.17, 15) is 10.1 Å². The van der Waals surface area contributed by atoms with Gasteiger partial charge in [0.05, 0.1) is 4.92 Å². The van der Waals surface area contributed by atoms with Crippen molar-refractivity contribution in [1.82, 2.24) is 4.90 Å². The van der Waals surface area contributed by atoms with Crippen molar-refractivity contribution < 1.29 is 4.92 Å². The van der Waals surface area contributed by atoms with Crippen molar-refractivity contribution in [3.63, 3.8) is 0 Å². The number of halogens is 1. The van der Waals surface area contributed by atoms with Gasteiger partial charge in [-0.05, 0) is 36.4 Å². The number of nitrogens with zero attached hydrogens (tertiary/aromatic N) is 2. The van der Waals surface area contributed by atoms with E-state index in [2.05, 4.69) is 11.8 Å². The van der Waals surface area contributed by atoms with Crippen LogP contribution in [0.4, 0.5) is 5.69 Å². The molecule has 1 fully saturated rings. The normalized spacial score (nSPS) is 21.9. The van der Waals surface area contributed by atoms with E-state index in [0.717, 1.165) is 37.2 Å². The Morgan fingerprint density at radius 1 is 1.45 bits per heavy atom. The third kappa shape index (κ3) is 4.18. The first-order valence-electron chi connectivity index (χ1n) is 7.54. The van der Waals surface area contributed by atoms with Crippen molar-refractivity contribution in [2.75, 3.05) is 19.6 Å². The average molecular weight is 328 g/mol. The van der Waals surface area contributed by atoms with Gasteiger partial charge in [0.1, 0.15) is 0 Å².